The van der Waals surface area contributed by atoms with E-state index >= 15 is 0 Å². The van der Waals surface area contributed by atoms with Crippen LogP contribution in [0.25, 0.3) is 6.08 Å². The molecule has 2 aromatic rings. The van der Waals surface area contributed by atoms with Crippen molar-refractivity contribution in [2.24, 2.45) is 0 Å². The molecule has 1 aliphatic heterocycles. The summed E-state index contributed by atoms with van der Waals surface area (Å²) >= 11 is 10.1. The number of carbonyl (C=O) groups excluding carboxylic acids is 1. The van der Waals surface area contributed by atoms with E-state index in [2.05, 4.69) is 15.9 Å². The molecule has 1 heterocycles. The van der Waals surface area contributed by atoms with Crippen LogP contribution in [0.2, 0.25) is 0 Å². The summed E-state index contributed by atoms with van der Waals surface area (Å²) in [5, 5.41) is 0. The number of hydrogen-bond donors (Lipinski definition) is 0. The summed E-state index contributed by atoms with van der Waals surface area (Å²) in [7, 11) is 3.15. The van der Waals surface area contributed by atoms with Crippen molar-refractivity contribution in [2.75, 3.05) is 19.1 Å². The molecule has 3 rings (SSSR count). The van der Waals surface area contributed by atoms with Crippen molar-refractivity contribution in [3.63, 3.8) is 0 Å². The van der Waals surface area contributed by atoms with Crippen molar-refractivity contribution in [3.05, 3.63) is 57.4 Å². The van der Waals surface area contributed by atoms with Gasteiger partial charge in [0.05, 0.1) is 24.8 Å². The minimum Gasteiger partial charge on any atom is -0.493 e. The third-order valence-corrected chi connectivity index (χ3v) is 5.38. The normalized spacial score (nSPS) is 15.8. The number of amides is 1. The molecule has 1 fully saturated rings. The van der Waals surface area contributed by atoms with Gasteiger partial charge in [-0.3, -0.25) is 9.69 Å². The average molecular weight is 436 g/mol. The number of benzene rings is 2. The van der Waals surface area contributed by atoms with Gasteiger partial charge in [-0.1, -0.05) is 58.1 Å². The van der Waals surface area contributed by atoms with E-state index in [4.69, 9.17) is 21.7 Å². The summed E-state index contributed by atoms with van der Waals surface area (Å²) in [5.74, 6) is 1.04. The number of methoxy groups -OCH3 is 2. The molecule has 0 bridgehead atoms. The van der Waals surface area contributed by atoms with Crippen LogP contribution in [-0.2, 0) is 4.79 Å². The van der Waals surface area contributed by atoms with Gasteiger partial charge in [0.2, 0.25) is 0 Å². The number of carbonyl (C=O) groups is 1. The zero-order valence-electron chi connectivity index (χ0n) is 13.5. The van der Waals surface area contributed by atoms with Crippen LogP contribution in [0, 0.1) is 0 Å². The molecule has 25 heavy (non-hydrogen) atoms. The van der Waals surface area contributed by atoms with E-state index in [9.17, 15) is 4.79 Å². The lowest BCUT2D eigenvalue weighted by Crippen LogP contribution is -2.27. The fraction of sp³-hybridized carbons (Fsp3) is 0.111. The largest absolute Gasteiger partial charge is 0.493 e. The van der Waals surface area contributed by atoms with Crippen LogP contribution >= 0.6 is 39.9 Å². The van der Waals surface area contributed by atoms with E-state index in [-0.39, 0.29) is 5.91 Å². The molecule has 0 N–H and O–H groups in total. The molecule has 0 aliphatic carbocycles. The third-order valence-electron chi connectivity index (χ3n) is 3.58. The second-order valence-corrected chi connectivity index (χ2v) is 7.67. The Morgan fingerprint density at radius 1 is 1.16 bits per heavy atom. The van der Waals surface area contributed by atoms with Gasteiger partial charge in [-0.25, -0.2) is 0 Å². The number of rotatable bonds is 4. The maximum absolute atomic E-state index is 12.8. The number of thiocarbonyl (C=S) groups is 1. The molecule has 0 unspecified atom stereocenters. The van der Waals surface area contributed by atoms with Gasteiger partial charge >= 0.3 is 0 Å². The fourth-order valence-corrected chi connectivity index (χ4v) is 4.15. The highest BCUT2D eigenvalue weighted by Crippen LogP contribution is 2.39. The van der Waals surface area contributed by atoms with Gasteiger partial charge in [0.15, 0.2) is 15.8 Å². The van der Waals surface area contributed by atoms with E-state index < -0.39 is 0 Å². The lowest BCUT2D eigenvalue weighted by atomic mass is 10.1. The lowest BCUT2D eigenvalue weighted by Gasteiger charge is -2.14. The Labute approximate surface area is 163 Å². The highest BCUT2D eigenvalue weighted by Gasteiger charge is 2.33. The summed E-state index contributed by atoms with van der Waals surface area (Å²) in [6.45, 7) is 0. The number of thioether (sulfide) groups is 1. The van der Waals surface area contributed by atoms with Gasteiger partial charge in [0, 0.05) is 10.0 Å². The Bertz CT molecular complexity index is 882. The van der Waals surface area contributed by atoms with Gasteiger partial charge in [-0.15, -0.1) is 0 Å². The van der Waals surface area contributed by atoms with Crippen LogP contribution in [-0.4, -0.2) is 24.4 Å². The standard InChI is InChI=1S/C18H14BrNO3S2/c1-22-14-8-3-5-11(16(14)23-2)9-15-17(21)20(18(24)25-15)13-7-4-6-12(19)10-13/h3-10H,1-2H3. The summed E-state index contributed by atoms with van der Waals surface area (Å²) in [5.41, 5.74) is 1.49. The highest BCUT2D eigenvalue weighted by molar-refractivity contribution is 9.10. The number of para-hydroxylation sites is 1. The van der Waals surface area contributed by atoms with Crippen molar-refractivity contribution in [3.8, 4) is 11.5 Å². The maximum atomic E-state index is 12.8. The second-order valence-electron chi connectivity index (χ2n) is 5.08. The number of ether oxygens (including phenoxy) is 2. The summed E-state index contributed by atoms with van der Waals surface area (Å²) in [6.07, 6.45) is 1.78. The molecule has 0 spiro atoms. The molecule has 0 aromatic heterocycles. The Morgan fingerprint density at radius 2 is 1.92 bits per heavy atom. The molecule has 0 radical (unpaired) electrons. The molecule has 0 saturated carbocycles. The SMILES string of the molecule is COc1cccc(C=C2SC(=S)N(c3cccc(Br)c3)C2=O)c1OC. The highest BCUT2D eigenvalue weighted by atomic mass is 79.9. The number of nitrogens with zero attached hydrogens (tertiary/aromatic N) is 1. The van der Waals surface area contributed by atoms with Crippen molar-refractivity contribution in [1.29, 1.82) is 0 Å². The molecule has 1 amide bonds. The van der Waals surface area contributed by atoms with E-state index in [1.165, 1.54) is 16.7 Å². The van der Waals surface area contributed by atoms with Gasteiger partial charge in [0.25, 0.3) is 5.91 Å². The van der Waals surface area contributed by atoms with Gasteiger partial charge in [-0.05, 0) is 30.3 Å². The minimum atomic E-state index is -0.155. The van der Waals surface area contributed by atoms with Gasteiger partial charge in [0.1, 0.15) is 0 Å². The zero-order chi connectivity index (χ0) is 18.0. The predicted molar refractivity (Wildman–Crippen MR) is 109 cm³/mol. The molecule has 4 nitrogen and oxygen atoms in total. The monoisotopic (exact) mass is 435 g/mol. The van der Waals surface area contributed by atoms with Gasteiger partial charge in [-0.2, -0.15) is 0 Å². The molecular weight excluding hydrogens is 422 g/mol. The van der Waals surface area contributed by atoms with E-state index in [1.807, 2.05) is 42.5 Å². The fourth-order valence-electron chi connectivity index (χ4n) is 2.47. The van der Waals surface area contributed by atoms with Crippen LogP contribution < -0.4 is 14.4 Å². The zero-order valence-corrected chi connectivity index (χ0v) is 16.7. The van der Waals surface area contributed by atoms with Gasteiger partial charge < -0.3 is 9.47 Å². The van der Waals surface area contributed by atoms with Crippen LogP contribution in [0.3, 0.4) is 0 Å². The molecule has 128 valence electrons. The summed E-state index contributed by atoms with van der Waals surface area (Å²) in [4.78, 5) is 14.9. The van der Waals surface area contributed by atoms with Crippen molar-refractivity contribution >= 4 is 61.9 Å². The van der Waals surface area contributed by atoms with E-state index in [0.29, 0.717) is 20.7 Å². The maximum Gasteiger partial charge on any atom is 0.270 e. The average Bonchev–Trinajstić information content (AvgIpc) is 2.88. The van der Waals surface area contributed by atoms with Crippen molar-refractivity contribution < 1.29 is 14.3 Å². The van der Waals surface area contributed by atoms with E-state index in [0.717, 1.165) is 15.7 Å². The first-order chi connectivity index (χ1) is 12.0. The van der Waals surface area contributed by atoms with Crippen molar-refractivity contribution in [2.45, 2.75) is 0 Å². The molecule has 0 atom stereocenters. The Morgan fingerprint density at radius 3 is 2.60 bits per heavy atom. The van der Waals surface area contributed by atoms with Crippen molar-refractivity contribution in [1.82, 2.24) is 0 Å². The van der Waals surface area contributed by atoms with Crippen LogP contribution in [0.15, 0.2) is 51.8 Å². The summed E-state index contributed by atoms with van der Waals surface area (Å²) in [6, 6.07) is 13.0. The number of anilines is 1. The second kappa shape index (κ2) is 7.59. The molecule has 2 aromatic carbocycles. The Hall–Kier alpha value is -1.83. The predicted octanol–water partition coefficient (Wildman–Crippen LogP) is 4.87. The third kappa shape index (κ3) is 3.58. The van der Waals surface area contributed by atoms with Crippen LogP contribution in [0.5, 0.6) is 11.5 Å². The molecule has 7 heteroatoms. The molecular formula is C18H14BrNO3S2. The summed E-state index contributed by atoms with van der Waals surface area (Å²) < 4.78 is 12.1. The van der Waals surface area contributed by atoms with Crippen LogP contribution in [0.1, 0.15) is 5.56 Å². The Balaban J connectivity index is 1.99. The topological polar surface area (TPSA) is 38.8 Å². The smallest absolute Gasteiger partial charge is 0.270 e. The minimum absolute atomic E-state index is 0.155. The van der Waals surface area contributed by atoms with Crippen LogP contribution in [0.4, 0.5) is 5.69 Å². The molecule has 1 aliphatic rings. The first-order valence-corrected chi connectivity index (χ1v) is 9.31. The number of halogens is 1. The number of hydrogen-bond acceptors (Lipinski definition) is 5. The first-order valence-electron chi connectivity index (χ1n) is 7.29. The van der Waals surface area contributed by atoms with E-state index in [1.54, 1.807) is 20.3 Å². The lowest BCUT2D eigenvalue weighted by molar-refractivity contribution is -0.113. The molecule has 1 saturated heterocycles. The Kier molecular flexibility index (Phi) is 5.46. The quantitative estimate of drug-likeness (QED) is 0.505. The first kappa shape index (κ1) is 18.0.